The molecule has 0 aliphatic heterocycles. The highest BCUT2D eigenvalue weighted by Crippen LogP contribution is 2.21. The molecule has 1 aromatic carbocycles. The zero-order valence-corrected chi connectivity index (χ0v) is 10.6. The van der Waals surface area contributed by atoms with Crippen molar-refractivity contribution in [2.45, 2.75) is 33.6 Å². The van der Waals surface area contributed by atoms with Gasteiger partial charge in [-0.3, -0.25) is 0 Å². The first-order chi connectivity index (χ1) is 8.04. The Bertz CT molecular complexity index is 451. The highest BCUT2D eigenvalue weighted by molar-refractivity contribution is 5.33. The van der Waals surface area contributed by atoms with Crippen LogP contribution in [0.2, 0.25) is 0 Å². The summed E-state index contributed by atoms with van der Waals surface area (Å²) in [5.41, 5.74) is 2.74. The molecule has 0 aliphatic rings. The summed E-state index contributed by atoms with van der Waals surface area (Å²) >= 11 is 0. The quantitative estimate of drug-likeness (QED) is 0.814. The molecule has 0 radical (unpaired) electrons. The molecule has 17 heavy (non-hydrogen) atoms. The largest absolute Gasteiger partial charge is 0.201 e. The number of tetrazole rings is 1. The van der Waals surface area contributed by atoms with Crippen LogP contribution in [0.15, 0.2) is 30.6 Å². The predicted octanol–water partition coefficient (Wildman–Crippen LogP) is 2.64. The molecular formula is C13H18N4. The number of aromatic nitrogens is 4. The Hall–Kier alpha value is -1.71. The van der Waals surface area contributed by atoms with Crippen LogP contribution < -0.4 is 0 Å². The fourth-order valence-electron chi connectivity index (χ4n) is 1.61. The molecule has 4 heteroatoms. The third kappa shape index (κ3) is 3.37. The van der Waals surface area contributed by atoms with E-state index in [0.29, 0.717) is 5.41 Å². The van der Waals surface area contributed by atoms with E-state index in [0.717, 1.165) is 12.1 Å². The number of benzene rings is 1. The second-order valence-corrected chi connectivity index (χ2v) is 5.48. The van der Waals surface area contributed by atoms with Crippen molar-refractivity contribution in [2.24, 2.45) is 5.41 Å². The number of aryl methyl sites for hydroxylation is 1. The Morgan fingerprint density at radius 3 is 2.35 bits per heavy atom. The Labute approximate surface area is 102 Å². The minimum atomic E-state index is 0.383. The van der Waals surface area contributed by atoms with Crippen LogP contribution in [-0.4, -0.2) is 20.2 Å². The maximum absolute atomic E-state index is 3.86. The van der Waals surface area contributed by atoms with Crippen molar-refractivity contribution < 1.29 is 0 Å². The van der Waals surface area contributed by atoms with E-state index in [-0.39, 0.29) is 0 Å². The van der Waals surface area contributed by atoms with Gasteiger partial charge in [-0.2, -0.15) is 0 Å². The maximum Gasteiger partial charge on any atom is 0.143 e. The van der Waals surface area contributed by atoms with Gasteiger partial charge in [0.1, 0.15) is 6.33 Å². The van der Waals surface area contributed by atoms with Gasteiger partial charge in [-0.15, -0.1) is 5.10 Å². The van der Waals surface area contributed by atoms with Gasteiger partial charge in [0, 0.05) is 0 Å². The van der Waals surface area contributed by atoms with Gasteiger partial charge in [0.2, 0.25) is 0 Å². The van der Waals surface area contributed by atoms with E-state index >= 15 is 0 Å². The van der Waals surface area contributed by atoms with Crippen LogP contribution in [0.4, 0.5) is 0 Å². The third-order valence-electron chi connectivity index (χ3n) is 2.71. The summed E-state index contributed by atoms with van der Waals surface area (Å²) in [5.74, 6) is 0. The molecule has 1 heterocycles. The SMILES string of the molecule is CC(C)(C)CCc1ccc(-n2cnnn2)cc1. The lowest BCUT2D eigenvalue weighted by molar-refractivity contribution is 0.378. The lowest BCUT2D eigenvalue weighted by atomic mass is 9.89. The average molecular weight is 230 g/mol. The zero-order chi connectivity index (χ0) is 12.3. The first kappa shape index (κ1) is 11.8. The molecule has 0 spiro atoms. The van der Waals surface area contributed by atoms with Gasteiger partial charge in [0.15, 0.2) is 0 Å². The van der Waals surface area contributed by atoms with E-state index in [1.54, 1.807) is 11.0 Å². The van der Waals surface area contributed by atoms with Crippen molar-refractivity contribution in [2.75, 3.05) is 0 Å². The zero-order valence-electron chi connectivity index (χ0n) is 10.6. The van der Waals surface area contributed by atoms with Crippen molar-refractivity contribution in [3.05, 3.63) is 36.2 Å². The van der Waals surface area contributed by atoms with Crippen LogP contribution in [0, 0.1) is 5.41 Å². The second-order valence-electron chi connectivity index (χ2n) is 5.48. The normalized spacial score (nSPS) is 11.7. The standard InChI is InChI=1S/C13H18N4/c1-13(2,3)9-8-11-4-6-12(7-5-11)17-10-14-15-16-17/h4-7,10H,8-9H2,1-3H3. The summed E-state index contributed by atoms with van der Waals surface area (Å²) in [6.07, 6.45) is 3.90. The van der Waals surface area contributed by atoms with Gasteiger partial charge in [-0.1, -0.05) is 32.9 Å². The van der Waals surface area contributed by atoms with E-state index in [1.165, 1.54) is 12.0 Å². The maximum atomic E-state index is 3.86. The summed E-state index contributed by atoms with van der Waals surface area (Å²) in [5, 5.41) is 11.1. The summed E-state index contributed by atoms with van der Waals surface area (Å²) in [4.78, 5) is 0. The van der Waals surface area contributed by atoms with Crippen LogP contribution in [0.25, 0.3) is 5.69 Å². The van der Waals surface area contributed by atoms with Crippen LogP contribution in [0.5, 0.6) is 0 Å². The van der Waals surface area contributed by atoms with Crippen molar-refractivity contribution in [3.63, 3.8) is 0 Å². The second kappa shape index (κ2) is 4.65. The van der Waals surface area contributed by atoms with Gasteiger partial charge in [-0.05, 0) is 46.4 Å². The molecule has 0 unspecified atom stereocenters. The molecule has 2 rings (SSSR count). The molecule has 4 nitrogen and oxygen atoms in total. The van der Waals surface area contributed by atoms with E-state index in [9.17, 15) is 0 Å². The first-order valence-corrected chi connectivity index (χ1v) is 5.87. The smallest absolute Gasteiger partial charge is 0.143 e. The number of hydrogen-bond acceptors (Lipinski definition) is 3. The topological polar surface area (TPSA) is 43.6 Å². The number of hydrogen-bond donors (Lipinski definition) is 0. The monoisotopic (exact) mass is 230 g/mol. The number of nitrogens with zero attached hydrogens (tertiary/aromatic N) is 4. The highest BCUT2D eigenvalue weighted by Gasteiger charge is 2.09. The van der Waals surface area contributed by atoms with Crippen LogP contribution in [-0.2, 0) is 6.42 Å². The predicted molar refractivity (Wildman–Crippen MR) is 66.9 cm³/mol. The Morgan fingerprint density at radius 1 is 1.12 bits per heavy atom. The Kier molecular flexibility index (Phi) is 3.22. The molecule has 0 saturated heterocycles. The van der Waals surface area contributed by atoms with Crippen molar-refractivity contribution in [1.82, 2.24) is 20.2 Å². The molecule has 1 aromatic heterocycles. The molecule has 0 saturated carbocycles. The van der Waals surface area contributed by atoms with Crippen molar-refractivity contribution >= 4 is 0 Å². The Balaban J connectivity index is 2.04. The van der Waals surface area contributed by atoms with E-state index in [2.05, 4.69) is 48.4 Å². The molecule has 2 aromatic rings. The van der Waals surface area contributed by atoms with Gasteiger partial charge < -0.3 is 0 Å². The average Bonchev–Trinajstić information content (AvgIpc) is 2.79. The van der Waals surface area contributed by atoms with Gasteiger partial charge in [-0.25, -0.2) is 4.68 Å². The summed E-state index contributed by atoms with van der Waals surface area (Å²) in [6.45, 7) is 6.80. The van der Waals surface area contributed by atoms with Gasteiger partial charge in [0.05, 0.1) is 5.69 Å². The van der Waals surface area contributed by atoms with Crippen molar-refractivity contribution in [3.8, 4) is 5.69 Å². The molecule has 0 fully saturated rings. The third-order valence-corrected chi connectivity index (χ3v) is 2.71. The summed E-state index contributed by atoms with van der Waals surface area (Å²) < 4.78 is 1.66. The van der Waals surface area contributed by atoms with Crippen molar-refractivity contribution in [1.29, 1.82) is 0 Å². The molecule has 90 valence electrons. The van der Waals surface area contributed by atoms with Gasteiger partial charge >= 0.3 is 0 Å². The van der Waals surface area contributed by atoms with E-state index < -0.39 is 0 Å². The molecule has 0 N–H and O–H groups in total. The molecule has 0 aliphatic carbocycles. The molecule has 0 amide bonds. The van der Waals surface area contributed by atoms with Gasteiger partial charge in [0.25, 0.3) is 0 Å². The minimum Gasteiger partial charge on any atom is -0.201 e. The lowest BCUT2D eigenvalue weighted by Crippen LogP contribution is -2.06. The molecule has 0 atom stereocenters. The highest BCUT2D eigenvalue weighted by atomic mass is 15.5. The molecule has 0 bridgehead atoms. The van der Waals surface area contributed by atoms with E-state index in [1.807, 2.05) is 12.1 Å². The summed E-state index contributed by atoms with van der Waals surface area (Å²) in [6, 6.07) is 8.38. The lowest BCUT2D eigenvalue weighted by Gasteiger charge is -2.17. The summed E-state index contributed by atoms with van der Waals surface area (Å²) in [7, 11) is 0. The van der Waals surface area contributed by atoms with E-state index in [4.69, 9.17) is 0 Å². The van der Waals surface area contributed by atoms with Crippen LogP contribution in [0.3, 0.4) is 0 Å². The Morgan fingerprint density at radius 2 is 1.82 bits per heavy atom. The number of rotatable bonds is 3. The minimum absolute atomic E-state index is 0.383. The van der Waals surface area contributed by atoms with Crippen LogP contribution >= 0.6 is 0 Å². The molecular weight excluding hydrogens is 212 g/mol. The first-order valence-electron chi connectivity index (χ1n) is 5.87. The fourth-order valence-corrected chi connectivity index (χ4v) is 1.61. The fraction of sp³-hybridized carbons (Fsp3) is 0.462. The van der Waals surface area contributed by atoms with Crippen LogP contribution in [0.1, 0.15) is 32.8 Å².